The molecule has 0 bridgehead atoms. The first kappa shape index (κ1) is 17.5. The lowest BCUT2D eigenvalue weighted by molar-refractivity contribution is 0.103. The number of hydrogen-bond donors (Lipinski definition) is 2. The average molecular weight is 336 g/mol. The highest BCUT2D eigenvalue weighted by atomic mass is 32.2. The van der Waals surface area contributed by atoms with Crippen molar-refractivity contribution in [3.8, 4) is 5.75 Å². The second-order valence-electron chi connectivity index (χ2n) is 5.37. The van der Waals surface area contributed by atoms with E-state index in [4.69, 9.17) is 4.18 Å². The molecule has 0 fully saturated rings. The molecular weight excluding hydrogens is 316 g/mol. The van der Waals surface area contributed by atoms with E-state index in [2.05, 4.69) is 0 Å². The summed E-state index contributed by atoms with van der Waals surface area (Å²) in [4.78, 5) is 0.0657. The summed E-state index contributed by atoms with van der Waals surface area (Å²) in [5.41, 5.74) is 1.65. The van der Waals surface area contributed by atoms with Gasteiger partial charge in [0.1, 0.15) is 5.75 Å². The lowest BCUT2D eigenvalue weighted by Gasteiger charge is -2.12. The number of aromatic hydroxyl groups is 1. The Bertz CT molecular complexity index is 738. The Kier molecular flexibility index (Phi) is 5.76. The van der Waals surface area contributed by atoms with E-state index in [9.17, 15) is 18.6 Å². The van der Waals surface area contributed by atoms with Crippen LogP contribution in [0.3, 0.4) is 0 Å². The maximum atomic E-state index is 12.0. The van der Waals surface area contributed by atoms with E-state index in [0.717, 1.165) is 5.56 Å². The highest BCUT2D eigenvalue weighted by Crippen LogP contribution is 2.19. The maximum absolute atomic E-state index is 12.0. The molecule has 2 aromatic carbocycles. The van der Waals surface area contributed by atoms with Crippen LogP contribution in [-0.2, 0) is 20.7 Å². The van der Waals surface area contributed by atoms with Crippen molar-refractivity contribution in [2.45, 2.75) is 30.8 Å². The van der Waals surface area contributed by atoms with E-state index < -0.39 is 16.2 Å². The van der Waals surface area contributed by atoms with Gasteiger partial charge in [-0.2, -0.15) is 8.42 Å². The second kappa shape index (κ2) is 7.59. The predicted molar refractivity (Wildman–Crippen MR) is 86.8 cm³/mol. The average Bonchev–Trinajstić information content (AvgIpc) is 2.53. The van der Waals surface area contributed by atoms with E-state index in [1.807, 2.05) is 6.92 Å². The Labute approximate surface area is 136 Å². The quantitative estimate of drug-likeness (QED) is 0.759. The molecule has 0 saturated heterocycles. The number of benzene rings is 2. The lowest BCUT2D eigenvalue weighted by atomic mass is 10.1. The van der Waals surface area contributed by atoms with Gasteiger partial charge in [-0.15, -0.1) is 0 Å². The SMILES string of the molecule is Cc1ccc(S(=O)(=O)OCC(O)CCc2ccccc2O)cc1. The van der Waals surface area contributed by atoms with Crippen LogP contribution in [0.5, 0.6) is 5.75 Å². The Morgan fingerprint density at radius 3 is 2.39 bits per heavy atom. The number of aliphatic hydroxyl groups excluding tert-OH is 1. The van der Waals surface area contributed by atoms with Gasteiger partial charge < -0.3 is 10.2 Å². The van der Waals surface area contributed by atoms with Crippen LogP contribution in [0.4, 0.5) is 0 Å². The van der Waals surface area contributed by atoms with E-state index in [1.54, 1.807) is 36.4 Å². The normalized spacial score (nSPS) is 13.0. The third-order valence-corrected chi connectivity index (χ3v) is 4.76. The summed E-state index contributed by atoms with van der Waals surface area (Å²) in [7, 11) is -3.87. The smallest absolute Gasteiger partial charge is 0.297 e. The minimum absolute atomic E-state index is 0.0657. The molecule has 0 aliphatic rings. The minimum atomic E-state index is -3.87. The number of rotatable bonds is 7. The van der Waals surface area contributed by atoms with Gasteiger partial charge in [0.05, 0.1) is 17.6 Å². The predicted octanol–water partition coefficient (Wildman–Crippen LogP) is 2.40. The fourth-order valence-corrected chi connectivity index (χ4v) is 3.01. The van der Waals surface area contributed by atoms with Gasteiger partial charge in [0.15, 0.2) is 0 Å². The first-order valence-corrected chi connectivity index (χ1v) is 8.70. The zero-order valence-corrected chi connectivity index (χ0v) is 13.7. The summed E-state index contributed by atoms with van der Waals surface area (Å²) < 4.78 is 28.9. The van der Waals surface area contributed by atoms with Crippen LogP contribution in [0.2, 0.25) is 0 Å². The molecule has 6 heteroatoms. The van der Waals surface area contributed by atoms with Crippen molar-refractivity contribution in [1.82, 2.24) is 0 Å². The third-order valence-electron chi connectivity index (χ3n) is 3.46. The Balaban J connectivity index is 1.87. The summed E-state index contributed by atoms with van der Waals surface area (Å²) in [6.07, 6.45) is -0.210. The number of para-hydroxylation sites is 1. The first-order chi connectivity index (χ1) is 10.9. The van der Waals surface area contributed by atoms with Gasteiger partial charge in [0, 0.05) is 0 Å². The van der Waals surface area contributed by atoms with Crippen molar-refractivity contribution >= 4 is 10.1 Å². The topological polar surface area (TPSA) is 83.8 Å². The van der Waals surface area contributed by atoms with Crippen molar-refractivity contribution in [2.24, 2.45) is 0 Å². The van der Waals surface area contributed by atoms with Crippen LogP contribution in [0, 0.1) is 6.92 Å². The highest BCUT2D eigenvalue weighted by Gasteiger charge is 2.17. The Morgan fingerprint density at radius 1 is 1.09 bits per heavy atom. The largest absolute Gasteiger partial charge is 0.508 e. The van der Waals surface area contributed by atoms with Gasteiger partial charge in [-0.3, -0.25) is 4.18 Å². The molecule has 0 heterocycles. The third kappa shape index (κ3) is 5.06. The van der Waals surface area contributed by atoms with Gasteiger partial charge in [0.2, 0.25) is 0 Å². The fraction of sp³-hybridized carbons (Fsp3) is 0.294. The molecule has 1 atom stereocenters. The highest BCUT2D eigenvalue weighted by molar-refractivity contribution is 7.86. The fourth-order valence-electron chi connectivity index (χ4n) is 2.07. The number of hydrogen-bond acceptors (Lipinski definition) is 5. The lowest BCUT2D eigenvalue weighted by Crippen LogP contribution is -2.19. The van der Waals surface area contributed by atoms with Gasteiger partial charge >= 0.3 is 0 Å². The van der Waals surface area contributed by atoms with Crippen molar-refractivity contribution < 1.29 is 22.8 Å². The summed E-state index contributed by atoms with van der Waals surface area (Å²) >= 11 is 0. The molecule has 1 unspecified atom stereocenters. The van der Waals surface area contributed by atoms with Crippen LogP contribution >= 0.6 is 0 Å². The molecule has 0 saturated carbocycles. The molecule has 2 N–H and O–H groups in total. The van der Waals surface area contributed by atoms with Gasteiger partial charge in [0.25, 0.3) is 10.1 Å². The van der Waals surface area contributed by atoms with Crippen molar-refractivity contribution in [2.75, 3.05) is 6.61 Å². The van der Waals surface area contributed by atoms with E-state index in [-0.39, 0.29) is 17.3 Å². The summed E-state index contributed by atoms with van der Waals surface area (Å²) in [5, 5.41) is 19.5. The van der Waals surface area contributed by atoms with E-state index >= 15 is 0 Å². The van der Waals surface area contributed by atoms with E-state index in [1.165, 1.54) is 12.1 Å². The molecule has 23 heavy (non-hydrogen) atoms. The van der Waals surface area contributed by atoms with Crippen LogP contribution in [0.25, 0.3) is 0 Å². The number of aliphatic hydroxyl groups is 1. The molecule has 124 valence electrons. The number of phenols is 1. The second-order valence-corrected chi connectivity index (χ2v) is 6.99. The summed E-state index contributed by atoms with van der Waals surface area (Å²) in [5.74, 6) is 0.160. The molecule has 2 aromatic rings. The van der Waals surface area contributed by atoms with Crippen LogP contribution < -0.4 is 0 Å². The van der Waals surface area contributed by atoms with Crippen molar-refractivity contribution in [3.05, 3.63) is 59.7 Å². The number of phenolic OH excluding ortho intramolecular Hbond substituents is 1. The standard InChI is InChI=1S/C17H20O5S/c1-13-6-10-16(11-7-13)23(20,21)22-12-15(18)9-8-14-4-2-3-5-17(14)19/h2-7,10-11,15,18-19H,8-9,12H2,1H3. The molecule has 0 aliphatic heterocycles. The number of aryl methyl sites for hydroxylation is 2. The first-order valence-electron chi connectivity index (χ1n) is 7.29. The molecule has 0 spiro atoms. The van der Waals surface area contributed by atoms with Gasteiger partial charge in [-0.05, 0) is 43.5 Å². The summed E-state index contributed by atoms with van der Waals surface area (Å²) in [6, 6.07) is 13.1. The summed E-state index contributed by atoms with van der Waals surface area (Å²) in [6.45, 7) is 1.55. The van der Waals surface area contributed by atoms with Crippen molar-refractivity contribution in [3.63, 3.8) is 0 Å². The van der Waals surface area contributed by atoms with Crippen LogP contribution in [-0.4, -0.2) is 31.3 Å². The zero-order chi connectivity index (χ0) is 16.9. The Hall–Kier alpha value is -1.89. The van der Waals surface area contributed by atoms with Gasteiger partial charge in [-0.25, -0.2) is 0 Å². The van der Waals surface area contributed by atoms with Gasteiger partial charge in [-0.1, -0.05) is 35.9 Å². The minimum Gasteiger partial charge on any atom is -0.508 e. The maximum Gasteiger partial charge on any atom is 0.297 e. The van der Waals surface area contributed by atoms with Crippen molar-refractivity contribution in [1.29, 1.82) is 0 Å². The van der Waals surface area contributed by atoms with Crippen LogP contribution in [0.1, 0.15) is 17.5 Å². The molecular formula is C17H20O5S. The molecule has 0 aromatic heterocycles. The molecule has 2 rings (SSSR count). The Morgan fingerprint density at radius 2 is 1.74 bits per heavy atom. The molecule has 0 radical (unpaired) electrons. The molecule has 5 nitrogen and oxygen atoms in total. The van der Waals surface area contributed by atoms with Crippen LogP contribution in [0.15, 0.2) is 53.4 Å². The zero-order valence-electron chi connectivity index (χ0n) is 12.8. The van der Waals surface area contributed by atoms with E-state index in [0.29, 0.717) is 18.4 Å². The monoisotopic (exact) mass is 336 g/mol. The molecule has 0 amide bonds. The molecule has 0 aliphatic carbocycles.